The molecule has 0 bridgehead atoms. The molecule has 2 fully saturated rings. The quantitative estimate of drug-likeness (QED) is 0.798. The van der Waals surface area contributed by atoms with Gasteiger partial charge in [0.15, 0.2) is 0 Å². The summed E-state index contributed by atoms with van der Waals surface area (Å²) in [6.45, 7) is 17.1. The Morgan fingerprint density at radius 1 is 1.05 bits per heavy atom. The van der Waals surface area contributed by atoms with Gasteiger partial charge >= 0.3 is 0 Å². The van der Waals surface area contributed by atoms with Crippen LogP contribution in [0.2, 0.25) is 0 Å². The third kappa shape index (κ3) is 6.08. The number of rotatable bonds is 6. The minimum atomic E-state index is 0.254. The molecule has 0 aromatic rings. The molecule has 0 amide bonds. The van der Waals surface area contributed by atoms with E-state index in [0.717, 1.165) is 32.2 Å². The van der Waals surface area contributed by atoms with Gasteiger partial charge in [-0.2, -0.15) is 0 Å². The van der Waals surface area contributed by atoms with Crippen LogP contribution in [-0.2, 0) is 4.74 Å². The third-order valence-electron chi connectivity index (χ3n) is 4.34. The van der Waals surface area contributed by atoms with Crippen molar-refractivity contribution in [3.8, 4) is 0 Å². The van der Waals surface area contributed by atoms with Crippen LogP contribution >= 0.6 is 0 Å². The predicted octanol–water partition coefficient (Wildman–Crippen LogP) is 1.42. The van der Waals surface area contributed by atoms with Gasteiger partial charge in [0.05, 0.1) is 13.2 Å². The Hall–Kier alpha value is -0.160. The summed E-state index contributed by atoms with van der Waals surface area (Å²) in [6, 6.07) is 0. The Balaban J connectivity index is 1.54. The van der Waals surface area contributed by atoms with Gasteiger partial charge in [-0.1, -0.05) is 0 Å². The topological polar surface area (TPSA) is 27.7 Å². The van der Waals surface area contributed by atoms with Gasteiger partial charge in [0, 0.05) is 25.2 Å². The molecule has 2 aliphatic rings. The number of ether oxygens (including phenoxy) is 1. The Labute approximate surface area is 124 Å². The van der Waals surface area contributed by atoms with Crippen molar-refractivity contribution >= 4 is 0 Å². The van der Waals surface area contributed by atoms with Crippen LogP contribution < -0.4 is 5.32 Å². The number of nitrogens with zero attached hydrogens (tertiary/aromatic N) is 2. The van der Waals surface area contributed by atoms with E-state index in [4.69, 9.17) is 4.74 Å². The highest BCUT2D eigenvalue weighted by atomic mass is 16.5. The van der Waals surface area contributed by atoms with Crippen molar-refractivity contribution in [3.63, 3.8) is 0 Å². The fourth-order valence-electron chi connectivity index (χ4n) is 3.08. The number of hydrogen-bond donors (Lipinski definition) is 1. The maximum Gasteiger partial charge on any atom is 0.0594 e. The maximum absolute atomic E-state index is 5.39. The molecule has 0 spiro atoms. The summed E-state index contributed by atoms with van der Waals surface area (Å²) in [7, 11) is 0. The summed E-state index contributed by atoms with van der Waals surface area (Å²) in [5.41, 5.74) is 0.254. The molecule has 2 heterocycles. The van der Waals surface area contributed by atoms with Gasteiger partial charge in [-0.3, -0.25) is 4.90 Å². The first-order valence-electron chi connectivity index (χ1n) is 8.30. The lowest BCUT2D eigenvalue weighted by molar-refractivity contribution is 0.0363. The van der Waals surface area contributed by atoms with Gasteiger partial charge in [0.2, 0.25) is 0 Å². The first-order valence-corrected chi connectivity index (χ1v) is 8.30. The summed E-state index contributed by atoms with van der Waals surface area (Å²) < 4.78 is 5.39. The standard InChI is InChI=1S/C16H33N3O/c1-16(2,3)17-13-15-5-8-19(14-15)7-4-6-18-9-11-20-12-10-18/h15,17H,4-14H2,1-3H3. The highest BCUT2D eigenvalue weighted by molar-refractivity contribution is 4.80. The van der Waals surface area contributed by atoms with Crippen molar-refractivity contribution in [1.82, 2.24) is 15.1 Å². The third-order valence-corrected chi connectivity index (χ3v) is 4.34. The largest absolute Gasteiger partial charge is 0.379 e. The van der Waals surface area contributed by atoms with Crippen LogP contribution in [0.3, 0.4) is 0 Å². The zero-order valence-corrected chi connectivity index (χ0v) is 13.7. The van der Waals surface area contributed by atoms with Gasteiger partial charge in [-0.05, 0) is 65.7 Å². The predicted molar refractivity (Wildman–Crippen MR) is 84.2 cm³/mol. The van der Waals surface area contributed by atoms with E-state index >= 15 is 0 Å². The summed E-state index contributed by atoms with van der Waals surface area (Å²) in [4.78, 5) is 5.19. The first kappa shape index (κ1) is 16.2. The molecular formula is C16H33N3O. The molecule has 2 saturated heterocycles. The second-order valence-corrected chi connectivity index (χ2v) is 7.39. The number of nitrogens with one attached hydrogen (secondary N) is 1. The Morgan fingerprint density at radius 2 is 1.75 bits per heavy atom. The van der Waals surface area contributed by atoms with E-state index in [9.17, 15) is 0 Å². The van der Waals surface area contributed by atoms with Crippen molar-refractivity contribution < 1.29 is 4.74 Å². The summed E-state index contributed by atoms with van der Waals surface area (Å²) in [6.07, 6.45) is 2.67. The van der Waals surface area contributed by atoms with E-state index in [0.29, 0.717) is 0 Å². The van der Waals surface area contributed by atoms with E-state index in [1.54, 1.807) is 0 Å². The molecule has 118 valence electrons. The Kier molecular flexibility index (Phi) is 6.27. The van der Waals surface area contributed by atoms with E-state index in [1.807, 2.05) is 0 Å². The molecule has 2 rings (SSSR count). The molecule has 0 radical (unpaired) electrons. The van der Waals surface area contributed by atoms with Crippen molar-refractivity contribution in [2.75, 3.05) is 59.0 Å². The lowest BCUT2D eigenvalue weighted by Crippen LogP contribution is -2.40. The molecule has 1 N–H and O–H groups in total. The zero-order valence-electron chi connectivity index (χ0n) is 13.7. The van der Waals surface area contributed by atoms with Crippen LogP contribution in [0.4, 0.5) is 0 Å². The van der Waals surface area contributed by atoms with E-state index in [1.165, 1.54) is 45.6 Å². The second kappa shape index (κ2) is 7.74. The van der Waals surface area contributed by atoms with E-state index in [2.05, 4.69) is 35.9 Å². The van der Waals surface area contributed by atoms with Crippen LogP contribution in [-0.4, -0.2) is 74.4 Å². The van der Waals surface area contributed by atoms with Gasteiger partial charge in [-0.25, -0.2) is 0 Å². The summed E-state index contributed by atoms with van der Waals surface area (Å²) in [5.74, 6) is 0.845. The summed E-state index contributed by atoms with van der Waals surface area (Å²) in [5, 5.41) is 3.64. The van der Waals surface area contributed by atoms with E-state index < -0.39 is 0 Å². The average Bonchev–Trinajstić information content (AvgIpc) is 2.85. The van der Waals surface area contributed by atoms with Crippen molar-refractivity contribution in [2.24, 2.45) is 5.92 Å². The maximum atomic E-state index is 5.39. The van der Waals surface area contributed by atoms with Crippen molar-refractivity contribution in [3.05, 3.63) is 0 Å². The van der Waals surface area contributed by atoms with E-state index in [-0.39, 0.29) is 5.54 Å². The fourth-order valence-corrected chi connectivity index (χ4v) is 3.08. The first-order chi connectivity index (χ1) is 9.53. The molecule has 4 heteroatoms. The molecule has 0 aliphatic carbocycles. The molecule has 1 atom stereocenters. The normalized spacial score (nSPS) is 26.2. The molecule has 2 aliphatic heterocycles. The monoisotopic (exact) mass is 283 g/mol. The molecule has 0 aromatic carbocycles. The van der Waals surface area contributed by atoms with Crippen LogP contribution in [0, 0.1) is 5.92 Å². The van der Waals surface area contributed by atoms with Gasteiger partial charge < -0.3 is 15.0 Å². The fraction of sp³-hybridized carbons (Fsp3) is 1.00. The number of morpholine rings is 1. The van der Waals surface area contributed by atoms with Crippen LogP contribution in [0.15, 0.2) is 0 Å². The average molecular weight is 283 g/mol. The molecule has 4 nitrogen and oxygen atoms in total. The molecular weight excluding hydrogens is 250 g/mol. The van der Waals surface area contributed by atoms with Crippen LogP contribution in [0.5, 0.6) is 0 Å². The molecule has 1 unspecified atom stereocenters. The minimum absolute atomic E-state index is 0.254. The van der Waals surface area contributed by atoms with Crippen LogP contribution in [0.1, 0.15) is 33.6 Å². The molecule has 20 heavy (non-hydrogen) atoms. The Morgan fingerprint density at radius 3 is 2.45 bits per heavy atom. The zero-order chi connectivity index (χ0) is 14.4. The molecule has 0 saturated carbocycles. The smallest absolute Gasteiger partial charge is 0.0594 e. The number of likely N-dealkylation sites (tertiary alicyclic amines) is 1. The second-order valence-electron chi connectivity index (χ2n) is 7.39. The van der Waals surface area contributed by atoms with Gasteiger partial charge in [0.25, 0.3) is 0 Å². The highest BCUT2D eigenvalue weighted by Gasteiger charge is 2.23. The lowest BCUT2D eigenvalue weighted by Gasteiger charge is -2.27. The minimum Gasteiger partial charge on any atom is -0.379 e. The molecule has 0 aromatic heterocycles. The highest BCUT2D eigenvalue weighted by Crippen LogP contribution is 2.16. The van der Waals surface area contributed by atoms with Gasteiger partial charge in [0.1, 0.15) is 0 Å². The van der Waals surface area contributed by atoms with Gasteiger partial charge in [-0.15, -0.1) is 0 Å². The Bertz CT molecular complexity index is 271. The lowest BCUT2D eigenvalue weighted by atomic mass is 10.1. The van der Waals surface area contributed by atoms with Crippen molar-refractivity contribution in [2.45, 2.75) is 39.2 Å². The SMILES string of the molecule is CC(C)(C)NCC1CCN(CCCN2CCOCC2)C1. The number of hydrogen-bond acceptors (Lipinski definition) is 4. The van der Waals surface area contributed by atoms with Crippen LogP contribution in [0.25, 0.3) is 0 Å². The van der Waals surface area contributed by atoms with Crippen molar-refractivity contribution in [1.29, 1.82) is 0 Å². The summed E-state index contributed by atoms with van der Waals surface area (Å²) >= 11 is 0.